The summed E-state index contributed by atoms with van der Waals surface area (Å²) in [6.07, 6.45) is 4.94. The first-order valence-electron chi connectivity index (χ1n) is 8.82. The SMILES string of the molecule is Cc1ccc(C)c(C2CN(C(=O)c3cnn4cccnc34)C(C)CO2)c1. The summed E-state index contributed by atoms with van der Waals surface area (Å²) in [7, 11) is 0. The van der Waals surface area contributed by atoms with Gasteiger partial charge in [-0.1, -0.05) is 23.8 Å². The fourth-order valence-corrected chi connectivity index (χ4v) is 3.47. The zero-order valence-electron chi connectivity index (χ0n) is 15.2. The summed E-state index contributed by atoms with van der Waals surface area (Å²) in [6, 6.07) is 8.14. The molecule has 0 saturated carbocycles. The number of rotatable bonds is 2. The highest BCUT2D eigenvalue weighted by Gasteiger charge is 2.33. The quantitative estimate of drug-likeness (QED) is 0.713. The highest BCUT2D eigenvalue weighted by Crippen LogP contribution is 2.29. The molecule has 134 valence electrons. The third-order valence-electron chi connectivity index (χ3n) is 4.99. The van der Waals surface area contributed by atoms with Crippen LogP contribution < -0.4 is 0 Å². The predicted molar refractivity (Wildman–Crippen MR) is 98.1 cm³/mol. The zero-order chi connectivity index (χ0) is 18.3. The van der Waals surface area contributed by atoms with Crippen molar-refractivity contribution in [1.82, 2.24) is 19.5 Å². The molecule has 0 bridgehead atoms. The Morgan fingerprint density at radius 1 is 1.31 bits per heavy atom. The normalized spacial score (nSPS) is 20.5. The summed E-state index contributed by atoms with van der Waals surface area (Å²) in [4.78, 5) is 19.4. The van der Waals surface area contributed by atoms with Crippen LogP contribution in [0, 0.1) is 13.8 Å². The number of hydrogen-bond acceptors (Lipinski definition) is 4. The number of aryl methyl sites for hydroxylation is 2. The summed E-state index contributed by atoms with van der Waals surface area (Å²) >= 11 is 0. The molecule has 0 spiro atoms. The van der Waals surface area contributed by atoms with Crippen molar-refractivity contribution in [3.05, 3.63) is 65.1 Å². The van der Waals surface area contributed by atoms with Gasteiger partial charge in [0.25, 0.3) is 5.91 Å². The summed E-state index contributed by atoms with van der Waals surface area (Å²) < 4.78 is 7.69. The Labute approximate surface area is 152 Å². The molecule has 1 amide bonds. The van der Waals surface area contributed by atoms with Crippen LogP contribution in [0.1, 0.15) is 40.1 Å². The number of ether oxygens (including phenoxy) is 1. The molecule has 1 aliphatic heterocycles. The molecule has 0 radical (unpaired) electrons. The van der Waals surface area contributed by atoms with Gasteiger partial charge in [-0.25, -0.2) is 9.50 Å². The standard InChI is InChI=1S/C20H22N4O2/c1-13-5-6-14(2)16(9-13)18-11-23(15(3)12-26-18)20(25)17-10-22-24-8-4-7-21-19(17)24/h4-10,15,18H,11-12H2,1-3H3. The lowest BCUT2D eigenvalue weighted by Crippen LogP contribution is -2.48. The van der Waals surface area contributed by atoms with Gasteiger partial charge in [-0.15, -0.1) is 0 Å². The van der Waals surface area contributed by atoms with E-state index in [1.54, 1.807) is 29.2 Å². The first kappa shape index (κ1) is 16.7. The summed E-state index contributed by atoms with van der Waals surface area (Å²) in [5, 5.41) is 4.24. The van der Waals surface area contributed by atoms with Crippen LogP contribution in [0.3, 0.4) is 0 Å². The van der Waals surface area contributed by atoms with Crippen molar-refractivity contribution in [2.75, 3.05) is 13.2 Å². The molecule has 3 heterocycles. The molecule has 2 unspecified atom stereocenters. The van der Waals surface area contributed by atoms with E-state index in [-0.39, 0.29) is 18.1 Å². The van der Waals surface area contributed by atoms with Gasteiger partial charge in [-0.2, -0.15) is 5.10 Å². The van der Waals surface area contributed by atoms with Crippen LogP contribution in [0.25, 0.3) is 5.65 Å². The monoisotopic (exact) mass is 350 g/mol. The molecule has 1 aromatic carbocycles. The molecule has 2 atom stereocenters. The van der Waals surface area contributed by atoms with Gasteiger partial charge >= 0.3 is 0 Å². The lowest BCUT2D eigenvalue weighted by Gasteiger charge is -2.38. The summed E-state index contributed by atoms with van der Waals surface area (Å²) in [6.45, 7) is 7.20. The Hall–Kier alpha value is -2.73. The lowest BCUT2D eigenvalue weighted by atomic mass is 9.98. The lowest BCUT2D eigenvalue weighted by molar-refractivity contribution is -0.0488. The van der Waals surface area contributed by atoms with E-state index in [1.165, 1.54) is 11.1 Å². The van der Waals surface area contributed by atoms with Crippen molar-refractivity contribution in [2.24, 2.45) is 0 Å². The second-order valence-electron chi connectivity index (χ2n) is 6.93. The number of aromatic nitrogens is 3. The fraction of sp³-hybridized carbons (Fsp3) is 0.350. The Kier molecular flexibility index (Phi) is 4.20. The maximum atomic E-state index is 13.2. The molecule has 2 aromatic heterocycles. The van der Waals surface area contributed by atoms with Crippen molar-refractivity contribution in [3.8, 4) is 0 Å². The Balaban J connectivity index is 1.65. The average molecular weight is 350 g/mol. The van der Waals surface area contributed by atoms with Gasteiger partial charge in [-0.3, -0.25) is 4.79 Å². The number of morpholine rings is 1. The molecule has 4 rings (SSSR count). The van der Waals surface area contributed by atoms with E-state index in [4.69, 9.17) is 4.74 Å². The van der Waals surface area contributed by atoms with Gasteiger partial charge in [0.2, 0.25) is 0 Å². The molecule has 0 aliphatic carbocycles. The third kappa shape index (κ3) is 2.86. The van der Waals surface area contributed by atoms with Crippen molar-refractivity contribution in [3.63, 3.8) is 0 Å². The fourth-order valence-electron chi connectivity index (χ4n) is 3.47. The smallest absolute Gasteiger partial charge is 0.259 e. The van der Waals surface area contributed by atoms with Crippen molar-refractivity contribution in [1.29, 1.82) is 0 Å². The van der Waals surface area contributed by atoms with Gasteiger partial charge < -0.3 is 9.64 Å². The van der Waals surface area contributed by atoms with Crippen LogP contribution in [0.4, 0.5) is 0 Å². The molecule has 1 fully saturated rings. The summed E-state index contributed by atoms with van der Waals surface area (Å²) in [5.74, 6) is -0.0511. The number of benzene rings is 1. The van der Waals surface area contributed by atoms with Crippen molar-refractivity contribution >= 4 is 11.6 Å². The van der Waals surface area contributed by atoms with Gasteiger partial charge in [0, 0.05) is 12.4 Å². The van der Waals surface area contributed by atoms with Crippen molar-refractivity contribution < 1.29 is 9.53 Å². The molecular weight excluding hydrogens is 328 g/mol. The van der Waals surface area contributed by atoms with Crippen LogP contribution in [-0.4, -0.2) is 44.6 Å². The number of nitrogens with zero attached hydrogens (tertiary/aromatic N) is 4. The molecule has 1 aliphatic rings. The van der Waals surface area contributed by atoms with E-state index in [0.29, 0.717) is 24.4 Å². The van der Waals surface area contributed by atoms with Crippen LogP contribution in [0.15, 0.2) is 42.9 Å². The Bertz CT molecular complexity index is 965. The molecule has 0 N–H and O–H groups in total. The molecule has 3 aromatic rings. The molecule has 1 saturated heterocycles. The highest BCUT2D eigenvalue weighted by molar-refractivity contribution is 5.99. The van der Waals surface area contributed by atoms with Crippen LogP contribution in [-0.2, 0) is 4.74 Å². The van der Waals surface area contributed by atoms with Crippen LogP contribution in [0.2, 0.25) is 0 Å². The zero-order valence-corrected chi connectivity index (χ0v) is 15.2. The maximum Gasteiger partial charge on any atom is 0.259 e. The molecule has 6 heteroatoms. The van der Waals surface area contributed by atoms with Gasteiger partial charge in [0.05, 0.1) is 25.4 Å². The van der Waals surface area contributed by atoms with E-state index in [1.807, 2.05) is 11.8 Å². The molecule has 26 heavy (non-hydrogen) atoms. The minimum absolute atomic E-state index is 0.00234. The number of carbonyl (C=O) groups excluding carboxylic acids is 1. The average Bonchev–Trinajstić information content (AvgIpc) is 3.08. The van der Waals surface area contributed by atoms with E-state index in [2.05, 4.69) is 42.1 Å². The third-order valence-corrected chi connectivity index (χ3v) is 4.99. The number of hydrogen-bond donors (Lipinski definition) is 0. The van der Waals surface area contributed by atoms with E-state index in [0.717, 1.165) is 5.56 Å². The van der Waals surface area contributed by atoms with Gasteiger partial charge in [0.1, 0.15) is 11.7 Å². The van der Waals surface area contributed by atoms with Crippen molar-refractivity contribution in [2.45, 2.75) is 32.9 Å². The Morgan fingerprint density at radius 3 is 3.00 bits per heavy atom. The second-order valence-corrected chi connectivity index (χ2v) is 6.93. The molecule has 6 nitrogen and oxygen atoms in total. The number of fused-ring (bicyclic) bond motifs is 1. The van der Waals surface area contributed by atoms with Gasteiger partial charge in [-0.05, 0) is 38.0 Å². The second kappa shape index (κ2) is 6.53. The largest absolute Gasteiger partial charge is 0.370 e. The minimum Gasteiger partial charge on any atom is -0.370 e. The Morgan fingerprint density at radius 2 is 2.15 bits per heavy atom. The summed E-state index contributed by atoms with van der Waals surface area (Å²) in [5.41, 5.74) is 4.63. The van der Waals surface area contributed by atoms with Gasteiger partial charge in [0.15, 0.2) is 5.65 Å². The van der Waals surface area contributed by atoms with E-state index >= 15 is 0 Å². The highest BCUT2D eigenvalue weighted by atomic mass is 16.5. The topological polar surface area (TPSA) is 59.7 Å². The number of amides is 1. The minimum atomic E-state index is -0.121. The number of carbonyl (C=O) groups is 1. The molecular formula is C20H22N4O2. The van der Waals surface area contributed by atoms with E-state index in [9.17, 15) is 4.79 Å². The first-order chi connectivity index (χ1) is 12.5. The first-order valence-corrected chi connectivity index (χ1v) is 8.82. The van der Waals surface area contributed by atoms with E-state index < -0.39 is 0 Å². The maximum absolute atomic E-state index is 13.2. The van der Waals surface area contributed by atoms with Crippen LogP contribution >= 0.6 is 0 Å². The predicted octanol–water partition coefficient (Wildman–Crippen LogP) is 2.95. The van der Waals surface area contributed by atoms with Crippen LogP contribution in [0.5, 0.6) is 0 Å².